The SMILES string of the molecule is CC(C)N(C(C)C)[Si](Cl)(Cl)Cl.CC(C)NC(C)C.Cl.Cl[Si](Cl)(Cl)Cl. The van der Waals surface area contributed by atoms with Crippen molar-refractivity contribution in [1.29, 1.82) is 0 Å². The number of hydrogen-bond donors (Lipinski definition) is 1. The molecule has 0 aliphatic carbocycles. The summed E-state index contributed by atoms with van der Waals surface area (Å²) >= 11 is 37.5. The zero-order valence-electron chi connectivity index (χ0n) is 15.3. The predicted octanol–water partition coefficient (Wildman–Crippen LogP) is 7.45. The monoisotopic (exact) mass is 538 g/mol. The molecule has 1 N–H and O–H groups in total. The first-order chi connectivity index (χ1) is 9.89. The van der Waals surface area contributed by atoms with Crippen LogP contribution < -0.4 is 5.32 Å². The van der Waals surface area contributed by atoms with Gasteiger partial charge in [-0.05, 0) is 0 Å². The van der Waals surface area contributed by atoms with Crippen molar-refractivity contribution in [2.75, 3.05) is 0 Å². The van der Waals surface area contributed by atoms with Crippen molar-refractivity contribution in [2.24, 2.45) is 0 Å². The van der Waals surface area contributed by atoms with Crippen LogP contribution in [0.4, 0.5) is 0 Å². The van der Waals surface area contributed by atoms with Gasteiger partial charge in [0.1, 0.15) is 0 Å². The summed E-state index contributed by atoms with van der Waals surface area (Å²) in [4.78, 5) is 0. The zero-order valence-corrected chi connectivity index (χ0v) is 23.4. The molecule has 0 amide bonds. The number of rotatable bonds is 5. The maximum atomic E-state index is 5.88. The molecule has 0 aromatic heterocycles. The Morgan fingerprint density at radius 2 is 0.833 bits per heavy atom. The molecule has 0 aromatic rings. The molecule has 152 valence electrons. The third-order valence-electron chi connectivity index (χ3n) is 2.07. The second kappa shape index (κ2) is 16.6. The third-order valence-corrected chi connectivity index (χ3v) is 5.45. The van der Waals surface area contributed by atoms with Gasteiger partial charge in [0.05, 0.1) is 0 Å². The molecule has 0 spiro atoms. The Labute approximate surface area is 189 Å². The molecule has 0 saturated carbocycles. The molecular formula is C12H30Cl8N2Si2. The largest absolute Gasteiger partial charge is 0.440 e. The smallest absolute Gasteiger partial charge is 0.312 e. The minimum Gasteiger partial charge on any atom is -0.312 e. The van der Waals surface area contributed by atoms with Crippen LogP contribution in [0.25, 0.3) is 0 Å². The lowest BCUT2D eigenvalue weighted by atomic mass is 10.3. The average molecular weight is 542 g/mol. The molecule has 0 unspecified atom stereocenters. The van der Waals surface area contributed by atoms with E-state index in [9.17, 15) is 0 Å². The van der Waals surface area contributed by atoms with Gasteiger partial charge in [0.25, 0.3) is 0 Å². The van der Waals surface area contributed by atoms with E-state index in [0.717, 1.165) is 0 Å². The Morgan fingerprint density at radius 3 is 0.833 bits per heavy atom. The van der Waals surface area contributed by atoms with Crippen LogP contribution in [0.15, 0.2) is 0 Å². The lowest BCUT2D eigenvalue weighted by Gasteiger charge is -2.34. The van der Waals surface area contributed by atoms with Gasteiger partial charge < -0.3 is 5.32 Å². The number of nitrogens with one attached hydrogen (secondary N) is 1. The summed E-state index contributed by atoms with van der Waals surface area (Å²) in [7, 11) is 0. The number of nitrogens with zero attached hydrogens (tertiary/aromatic N) is 1. The molecule has 0 aliphatic heterocycles. The van der Waals surface area contributed by atoms with Gasteiger partial charge in [-0.3, -0.25) is 4.57 Å². The maximum Gasteiger partial charge on any atom is 0.440 e. The lowest BCUT2D eigenvalue weighted by molar-refractivity contribution is 0.311. The summed E-state index contributed by atoms with van der Waals surface area (Å²) in [6.45, 7) is 16.8. The van der Waals surface area contributed by atoms with Crippen molar-refractivity contribution in [3.63, 3.8) is 0 Å². The van der Waals surface area contributed by atoms with Crippen LogP contribution in [0.1, 0.15) is 55.4 Å². The van der Waals surface area contributed by atoms with Crippen LogP contribution in [0.2, 0.25) is 0 Å². The van der Waals surface area contributed by atoms with Gasteiger partial charge in [-0.25, -0.2) is 0 Å². The Balaban J connectivity index is -0.000000133. The van der Waals surface area contributed by atoms with E-state index in [0.29, 0.717) is 24.2 Å². The molecule has 0 aliphatic rings. The molecule has 0 fully saturated rings. The highest BCUT2D eigenvalue weighted by Crippen LogP contribution is 2.28. The fourth-order valence-electron chi connectivity index (χ4n) is 1.85. The number of halogens is 8. The summed E-state index contributed by atoms with van der Waals surface area (Å²) in [5.41, 5.74) is 0. The predicted molar refractivity (Wildman–Crippen MR) is 125 cm³/mol. The Morgan fingerprint density at radius 1 is 0.625 bits per heavy atom. The van der Waals surface area contributed by atoms with Crippen molar-refractivity contribution in [3.8, 4) is 0 Å². The normalized spacial score (nSPS) is 12.0. The van der Waals surface area contributed by atoms with Crippen LogP contribution >= 0.6 is 90.0 Å². The van der Waals surface area contributed by atoms with E-state index in [-0.39, 0.29) is 12.4 Å². The van der Waals surface area contributed by atoms with Crippen molar-refractivity contribution >= 4 is 101 Å². The fraction of sp³-hybridized carbons (Fsp3) is 1.00. The lowest BCUT2D eigenvalue weighted by Crippen LogP contribution is -2.49. The Bertz CT molecular complexity index is 261. The molecule has 24 heavy (non-hydrogen) atoms. The Hall–Kier alpha value is 2.67. The second-order valence-corrected chi connectivity index (χ2v) is 25.2. The van der Waals surface area contributed by atoms with Gasteiger partial charge in [-0.2, -0.15) is 0 Å². The van der Waals surface area contributed by atoms with E-state index >= 15 is 0 Å². The van der Waals surface area contributed by atoms with Crippen molar-refractivity contribution < 1.29 is 0 Å². The van der Waals surface area contributed by atoms with E-state index in [4.69, 9.17) is 77.6 Å². The van der Waals surface area contributed by atoms with Crippen molar-refractivity contribution in [1.82, 2.24) is 9.88 Å². The first-order valence-electron chi connectivity index (χ1n) is 7.26. The second-order valence-electron chi connectivity index (χ2n) is 5.97. The van der Waals surface area contributed by atoms with Crippen LogP contribution in [-0.4, -0.2) is 40.2 Å². The van der Waals surface area contributed by atoms with Gasteiger partial charge in [0, 0.05) is 24.2 Å². The minimum absolute atomic E-state index is 0. The van der Waals surface area contributed by atoms with E-state index in [1.807, 2.05) is 32.3 Å². The summed E-state index contributed by atoms with van der Waals surface area (Å²) in [5, 5.41) is 0.583. The minimum atomic E-state index is -2.72. The molecule has 0 rings (SSSR count). The summed E-state index contributed by atoms with van der Waals surface area (Å²) in [6.07, 6.45) is -2.66. The van der Waals surface area contributed by atoms with Crippen LogP contribution in [0, 0.1) is 0 Å². The highest BCUT2D eigenvalue weighted by Gasteiger charge is 2.38. The molecule has 0 bridgehead atoms. The molecule has 0 aromatic carbocycles. The molecule has 2 nitrogen and oxygen atoms in total. The third kappa shape index (κ3) is 32.4. The molecule has 12 heteroatoms. The fourth-order valence-corrected chi connectivity index (χ4v) is 6.53. The highest BCUT2D eigenvalue weighted by molar-refractivity contribution is 7.81. The van der Waals surface area contributed by atoms with E-state index in [1.54, 1.807) is 0 Å². The van der Waals surface area contributed by atoms with Crippen molar-refractivity contribution in [2.45, 2.75) is 79.6 Å². The number of hydrogen-bond acceptors (Lipinski definition) is 2. The average Bonchev–Trinajstić information content (AvgIpc) is 2.06. The summed E-state index contributed by atoms with van der Waals surface area (Å²) in [5.74, 6) is 0. The summed E-state index contributed by atoms with van der Waals surface area (Å²) in [6, 6.07) is 1.85. The molecular weight excluding hydrogens is 512 g/mol. The van der Waals surface area contributed by atoms with Gasteiger partial charge in [-0.1, -0.05) is 55.4 Å². The summed E-state index contributed by atoms with van der Waals surface area (Å²) < 4.78 is 1.96. The van der Waals surface area contributed by atoms with E-state index < -0.39 is 11.5 Å². The van der Waals surface area contributed by atoms with Gasteiger partial charge in [0.15, 0.2) is 0 Å². The van der Waals surface area contributed by atoms with Gasteiger partial charge >= 0.3 is 11.5 Å². The topological polar surface area (TPSA) is 15.3 Å². The molecule has 0 radical (unpaired) electrons. The quantitative estimate of drug-likeness (QED) is 0.287. The molecule has 0 saturated heterocycles. The first kappa shape index (κ1) is 34.2. The first-order valence-corrected chi connectivity index (χ1v) is 18.3. The van der Waals surface area contributed by atoms with Crippen LogP contribution in [0.5, 0.6) is 0 Å². The van der Waals surface area contributed by atoms with E-state index in [2.05, 4.69) is 33.0 Å². The van der Waals surface area contributed by atoms with E-state index in [1.165, 1.54) is 0 Å². The molecule has 0 atom stereocenters. The Kier molecular flexibility index (Phi) is 23.7. The van der Waals surface area contributed by atoms with Crippen LogP contribution in [-0.2, 0) is 0 Å². The van der Waals surface area contributed by atoms with Crippen LogP contribution in [0.3, 0.4) is 0 Å². The maximum absolute atomic E-state index is 5.88. The standard InChI is InChI=1S/C6H14Cl3NSi.C6H15N.Cl4Si.ClH/c1-5(2)10(6(3)4)11(7,8)9;1-5(2)7-6(3)4;1-5(2,3)4;/h5-6H,1-4H3;5-7H,1-4H3;;1H. The molecule has 0 heterocycles. The highest BCUT2D eigenvalue weighted by atomic mass is 36.0. The zero-order chi connectivity index (χ0) is 19.6. The van der Waals surface area contributed by atoms with Gasteiger partial charge in [-0.15, -0.1) is 90.0 Å². The van der Waals surface area contributed by atoms with Gasteiger partial charge in [0.2, 0.25) is 0 Å². The van der Waals surface area contributed by atoms with Crippen molar-refractivity contribution in [3.05, 3.63) is 0 Å².